The molecular weight excluding hydrogens is 340 g/mol. The van der Waals surface area contributed by atoms with Gasteiger partial charge in [-0.15, -0.1) is 0 Å². The number of hydrogen-bond donors (Lipinski definition) is 0. The Hall–Kier alpha value is -2.69. The molecule has 144 valence electrons. The van der Waals surface area contributed by atoms with Crippen molar-refractivity contribution in [2.45, 2.75) is 20.3 Å². The number of carbonyl (C=O) groups is 1. The van der Waals surface area contributed by atoms with Crippen LogP contribution in [0.15, 0.2) is 42.5 Å². The second kappa shape index (κ2) is 8.80. The average Bonchev–Trinajstić information content (AvgIpc) is 2.71. The van der Waals surface area contributed by atoms with Crippen molar-refractivity contribution in [2.24, 2.45) is 0 Å². The normalized spacial score (nSPS) is 14.2. The summed E-state index contributed by atoms with van der Waals surface area (Å²) in [5, 5.41) is 0. The van der Waals surface area contributed by atoms with Gasteiger partial charge in [0.05, 0.1) is 20.1 Å². The van der Waals surface area contributed by atoms with E-state index in [0.29, 0.717) is 13.0 Å². The highest BCUT2D eigenvalue weighted by Crippen LogP contribution is 2.23. The van der Waals surface area contributed by atoms with Crippen molar-refractivity contribution in [2.75, 3.05) is 44.8 Å². The van der Waals surface area contributed by atoms with Crippen LogP contribution in [0.3, 0.4) is 0 Å². The van der Waals surface area contributed by atoms with Crippen molar-refractivity contribution in [3.05, 3.63) is 53.6 Å². The Kier molecular flexibility index (Phi) is 6.22. The summed E-state index contributed by atoms with van der Waals surface area (Å²) in [7, 11) is 1.68. The molecule has 0 radical (unpaired) electrons. The van der Waals surface area contributed by atoms with Gasteiger partial charge in [-0.2, -0.15) is 0 Å². The van der Waals surface area contributed by atoms with Crippen LogP contribution >= 0.6 is 0 Å². The first-order chi connectivity index (χ1) is 13.1. The summed E-state index contributed by atoms with van der Waals surface area (Å²) in [4.78, 5) is 16.7. The molecule has 0 aromatic heterocycles. The number of ether oxygens (including phenoxy) is 2. The lowest BCUT2D eigenvalue weighted by atomic mass is 10.1. The predicted octanol–water partition coefficient (Wildman–Crippen LogP) is 3.43. The van der Waals surface area contributed by atoms with Crippen LogP contribution in [0.4, 0.5) is 5.69 Å². The molecule has 3 rings (SSSR count). The number of piperazine rings is 1. The molecule has 2 aromatic rings. The van der Waals surface area contributed by atoms with Gasteiger partial charge >= 0.3 is 0 Å². The van der Waals surface area contributed by atoms with Crippen LogP contribution in [0.1, 0.15) is 17.5 Å². The summed E-state index contributed by atoms with van der Waals surface area (Å²) in [5.74, 6) is 1.88. The van der Waals surface area contributed by atoms with Crippen LogP contribution in [0.2, 0.25) is 0 Å². The summed E-state index contributed by atoms with van der Waals surface area (Å²) in [6, 6.07) is 14.1. The van der Waals surface area contributed by atoms with Crippen LogP contribution < -0.4 is 14.4 Å². The quantitative estimate of drug-likeness (QED) is 0.783. The molecule has 27 heavy (non-hydrogen) atoms. The Balaban J connectivity index is 1.46. The Bertz CT molecular complexity index is 783. The molecule has 0 unspecified atom stereocenters. The minimum Gasteiger partial charge on any atom is -0.497 e. The van der Waals surface area contributed by atoms with Gasteiger partial charge < -0.3 is 19.3 Å². The third kappa shape index (κ3) is 4.73. The maximum absolute atomic E-state index is 12.5. The standard InChI is InChI=1S/C22H28N2O3/c1-17-6-4-9-21(18(17)2)27-15-10-22(25)24-13-11-23(12-14-24)19-7-5-8-20(16-19)26-3/h4-9,16H,10-15H2,1-3H3. The first-order valence-electron chi connectivity index (χ1n) is 9.44. The lowest BCUT2D eigenvalue weighted by Gasteiger charge is -2.36. The van der Waals surface area contributed by atoms with Crippen molar-refractivity contribution in [3.63, 3.8) is 0 Å². The smallest absolute Gasteiger partial charge is 0.226 e. The van der Waals surface area contributed by atoms with Crippen LogP contribution in [0, 0.1) is 13.8 Å². The van der Waals surface area contributed by atoms with E-state index < -0.39 is 0 Å². The summed E-state index contributed by atoms with van der Waals surface area (Å²) >= 11 is 0. The number of hydrogen-bond acceptors (Lipinski definition) is 4. The monoisotopic (exact) mass is 368 g/mol. The van der Waals surface area contributed by atoms with E-state index in [4.69, 9.17) is 9.47 Å². The number of carbonyl (C=O) groups excluding carboxylic acids is 1. The number of amides is 1. The van der Waals surface area contributed by atoms with Gasteiger partial charge in [-0.05, 0) is 43.2 Å². The molecule has 1 saturated heterocycles. The topological polar surface area (TPSA) is 42.0 Å². The fourth-order valence-electron chi connectivity index (χ4n) is 3.31. The van der Waals surface area contributed by atoms with E-state index in [1.165, 1.54) is 5.56 Å². The molecule has 1 aliphatic heterocycles. The van der Waals surface area contributed by atoms with Crippen molar-refractivity contribution in [1.29, 1.82) is 0 Å². The molecule has 1 aliphatic rings. The zero-order valence-corrected chi connectivity index (χ0v) is 16.4. The van der Waals surface area contributed by atoms with Gasteiger partial charge in [0.1, 0.15) is 11.5 Å². The van der Waals surface area contributed by atoms with Crippen molar-refractivity contribution < 1.29 is 14.3 Å². The number of aryl methyl sites for hydroxylation is 1. The number of nitrogens with zero attached hydrogens (tertiary/aromatic N) is 2. The third-order valence-corrected chi connectivity index (χ3v) is 5.18. The second-order valence-electron chi connectivity index (χ2n) is 6.87. The van der Waals surface area contributed by atoms with Crippen molar-refractivity contribution >= 4 is 11.6 Å². The number of anilines is 1. The van der Waals surface area contributed by atoms with Crippen LogP contribution in [-0.4, -0.2) is 50.7 Å². The fourth-order valence-corrected chi connectivity index (χ4v) is 3.31. The van der Waals surface area contributed by atoms with Crippen LogP contribution in [0.5, 0.6) is 11.5 Å². The Morgan fingerprint density at radius 1 is 1.04 bits per heavy atom. The molecule has 0 aliphatic carbocycles. The number of benzene rings is 2. The van der Waals surface area contributed by atoms with Crippen LogP contribution in [0.25, 0.3) is 0 Å². The number of methoxy groups -OCH3 is 1. The first-order valence-corrected chi connectivity index (χ1v) is 9.44. The molecule has 0 saturated carbocycles. The minimum atomic E-state index is 0.158. The maximum Gasteiger partial charge on any atom is 0.226 e. The van der Waals surface area contributed by atoms with Gasteiger partial charge in [-0.25, -0.2) is 0 Å². The zero-order valence-electron chi connectivity index (χ0n) is 16.4. The second-order valence-corrected chi connectivity index (χ2v) is 6.87. The van der Waals surface area contributed by atoms with Gasteiger partial charge in [-0.1, -0.05) is 18.2 Å². The molecular formula is C22H28N2O3. The van der Waals surface area contributed by atoms with E-state index in [1.807, 2.05) is 42.2 Å². The molecule has 5 nitrogen and oxygen atoms in total. The van der Waals surface area contributed by atoms with E-state index >= 15 is 0 Å². The molecule has 0 atom stereocenters. The Morgan fingerprint density at radius 2 is 1.78 bits per heavy atom. The zero-order chi connectivity index (χ0) is 19.2. The molecule has 1 amide bonds. The van der Waals surface area contributed by atoms with E-state index in [2.05, 4.69) is 24.0 Å². The van der Waals surface area contributed by atoms with Gasteiger partial charge in [-0.3, -0.25) is 4.79 Å². The minimum absolute atomic E-state index is 0.158. The molecule has 0 bridgehead atoms. The summed E-state index contributed by atoms with van der Waals surface area (Å²) < 4.78 is 11.1. The predicted molar refractivity (Wildman–Crippen MR) is 108 cm³/mol. The summed E-state index contributed by atoms with van der Waals surface area (Å²) in [5.41, 5.74) is 3.48. The molecule has 1 heterocycles. The Morgan fingerprint density at radius 3 is 2.52 bits per heavy atom. The van der Waals surface area contributed by atoms with Gasteiger partial charge in [0.25, 0.3) is 0 Å². The molecule has 5 heteroatoms. The van der Waals surface area contributed by atoms with E-state index in [9.17, 15) is 4.79 Å². The maximum atomic E-state index is 12.5. The lowest BCUT2D eigenvalue weighted by Crippen LogP contribution is -2.49. The molecule has 2 aromatic carbocycles. The SMILES string of the molecule is COc1cccc(N2CCN(C(=O)CCOc3cccc(C)c3C)CC2)c1. The fraction of sp³-hybridized carbons (Fsp3) is 0.409. The largest absolute Gasteiger partial charge is 0.497 e. The van der Waals surface area contributed by atoms with Crippen LogP contribution in [-0.2, 0) is 4.79 Å². The van der Waals surface area contributed by atoms with E-state index in [-0.39, 0.29) is 5.91 Å². The highest BCUT2D eigenvalue weighted by Gasteiger charge is 2.21. The van der Waals surface area contributed by atoms with E-state index in [0.717, 1.165) is 48.9 Å². The van der Waals surface area contributed by atoms with Gasteiger partial charge in [0.2, 0.25) is 5.91 Å². The third-order valence-electron chi connectivity index (χ3n) is 5.18. The molecule has 0 spiro atoms. The summed E-state index contributed by atoms with van der Waals surface area (Å²) in [6.45, 7) is 7.66. The average molecular weight is 368 g/mol. The Labute approximate surface area is 161 Å². The van der Waals surface area contributed by atoms with Gasteiger partial charge in [0, 0.05) is 37.9 Å². The lowest BCUT2D eigenvalue weighted by molar-refractivity contribution is -0.132. The number of rotatable bonds is 6. The highest BCUT2D eigenvalue weighted by atomic mass is 16.5. The highest BCUT2D eigenvalue weighted by molar-refractivity contribution is 5.76. The molecule has 0 N–H and O–H groups in total. The summed E-state index contributed by atoms with van der Waals surface area (Å²) in [6.07, 6.45) is 0.409. The molecule has 1 fully saturated rings. The van der Waals surface area contributed by atoms with Gasteiger partial charge in [0.15, 0.2) is 0 Å². The van der Waals surface area contributed by atoms with Crippen molar-refractivity contribution in [1.82, 2.24) is 4.90 Å². The van der Waals surface area contributed by atoms with E-state index in [1.54, 1.807) is 7.11 Å². The van der Waals surface area contributed by atoms with Crippen molar-refractivity contribution in [3.8, 4) is 11.5 Å². The first kappa shape index (κ1) is 19.1.